The molecule has 0 unspecified atom stereocenters. The summed E-state index contributed by atoms with van der Waals surface area (Å²) in [6, 6.07) is 8.50. The molecule has 16 heavy (non-hydrogen) atoms. The molecule has 0 spiro atoms. The molecule has 0 amide bonds. The summed E-state index contributed by atoms with van der Waals surface area (Å²) in [6.45, 7) is 4.14. The van der Waals surface area contributed by atoms with E-state index in [1.165, 1.54) is 0 Å². The minimum absolute atomic E-state index is 0.0278. The molecule has 1 N–H and O–H groups in total. The van der Waals surface area contributed by atoms with Crippen LogP contribution >= 0.6 is 0 Å². The summed E-state index contributed by atoms with van der Waals surface area (Å²) in [7, 11) is 0. The average molecular weight is 221 g/mol. The number of carboxylic acid groups (broad SMARTS) is 1. The predicted octanol–water partition coefficient (Wildman–Crippen LogP) is 2.44. The zero-order valence-electron chi connectivity index (χ0n) is 9.43. The Morgan fingerprint density at radius 3 is 2.38 bits per heavy atom. The van der Waals surface area contributed by atoms with Gasteiger partial charge in [0.15, 0.2) is 0 Å². The van der Waals surface area contributed by atoms with Crippen LogP contribution in [0.3, 0.4) is 0 Å². The smallest absolute Gasteiger partial charge is 0.306 e. The first-order valence-electron chi connectivity index (χ1n) is 5.07. The van der Waals surface area contributed by atoms with Crippen LogP contribution in [-0.4, -0.2) is 17.7 Å². The third-order valence-electron chi connectivity index (χ3n) is 1.57. The van der Waals surface area contributed by atoms with E-state index in [4.69, 9.17) is 15.1 Å². The molecule has 0 aliphatic heterocycles. The Hall–Kier alpha value is -2.02. The van der Waals surface area contributed by atoms with Crippen LogP contribution in [0.2, 0.25) is 0 Å². The fraction of sp³-hybridized carbons (Fsp3) is 0.333. The lowest BCUT2D eigenvalue weighted by Crippen LogP contribution is -2.04. The van der Waals surface area contributed by atoms with Crippen molar-refractivity contribution >= 4 is 5.97 Å². The zero-order valence-corrected chi connectivity index (χ0v) is 9.43. The summed E-state index contributed by atoms with van der Waals surface area (Å²) in [5, 5.41) is 16.9. The number of nitrogens with zero attached hydrogens (tertiary/aromatic N) is 1. The monoisotopic (exact) mass is 221 g/mol. The fourth-order valence-electron chi connectivity index (χ4n) is 0.882. The number of benzene rings is 1. The van der Waals surface area contributed by atoms with Crippen molar-refractivity contribution in [2.75, 3.05) is 6.61 Å². The van der Waals surface area contributed by atoms with Gasteiger partial charge in [0.1, 0.15) is 5.75 Å². The van der Waals surface area contributed by atoms with Crippen molar-refractivity contribution in [2.45, 2.75) is 20.3 Å². The minimum Gasteiger partial charge on any atom is -0.493 e. The molecule has 4 nitrogen and oxygen atoms in total. The van der Waals surface area contributed by atoms with Gasteiger partial charge in [-0.15, -0.1) is 0 Å². The van der Waals surface area contributed by atoms with E-state index in [1.807, 2.05) is 19.9 Å². The number of carbonyl (C=O) groups is 1. The van der Waals surface area contributed by atoms with E-state index in [2.05, 4.69) is 0 Å². The van der Waals surface area contributed by atoms with Crippen LogP contribution in [0, 0.1) is 11.3 Å². The summed E-state index contributed by atoms with van der Waals surface area (Å²) < 4.78 is 5.13. The number of aliphatic carboxylic acids is 1. The largest absolute Gasteiger partial charge is 0.493 e. The summed E-state index contributed by atoms with van der Waals surface area (Å²) in [4.78, 5) is 10.2. The molecule has 0 fully saturated rings. The van der Waals surface area contributed by atoms with Crippen LogP contribution in [0.4, 0.5) is 0 Å². The molecule has 0 atom stereocenters. The summed E-state index contributed by atoms with van der Waals surface area (Å²) in [6.07, 6.45) is -0.0278. The Labute approximate surface area is 95.1 Å². The molecule has 1 rings (SSSR count). The van der Waals surface area contributed by atoms with Gasteiger partial charge in [0.2, 0.25) is 0 Å². The number of hydrogen-bond donors (Lipinski definition) is 1. The molecule has 0 bridgehead atoms. The average Bonchev–Trinajstić information content (AvgIpc) is 2.32. The van der Waals surface area contributed by atoms with Gasteiger partial charge in [-0.25, -0.2) is 0 Å². The molecule has 0 saturated carbocycles. The second-order valence-electron chi connectivity index (χ2n) is 2.63. The van der Waals surface area contributed by atoms with Crippen molar-refractivity contribution in [3.63, 3.8) is 0 Å². The Bertz CT molecular complexity index is 352. The van der Waals surface area contributed by atoms with E-state index in [0.29, 0.717) is 11.3 Å². The van der Waals surface area contributed by atoms with Crippen LogP contribution in [0.1, 0.15) is 25.8 Å². The van der Waals surface area contributed by atoms with E-state index >= 15 is 0 Å². The van der Waals surface area contributed by atoms with Gasteiger partial charge in [-0.1, -0.05) is 13.8 Å². The van der Waals surface area contributed by atoms with Gasteiger partial charge in [0.05, 0.1) is 24.7 Å². The second kappa shape index (κ2) is 8.30. The molecular formula is C12H15NO3. The standard InChI is InChI=1S/C10H9NO3.C2H6/c11-7-8-1-3-9(4-2-8)14-6-5-10(12)13;1-2/h1-4H,5-6H2,(H,12,13);1-2H3. The van der Waals surface area contributed by atoms with Gasteiger partial charge in [-0.2, -0.15) is 5.26 Å². The molecule has 1 aromatic carbocycles. The van der Waals surface area contributed by atoms with Gasteiger partial charge in [0, 0.05) is 0 Å². The Morgan fingerprint density at radius 1 is 1.38 bits per heavy atom. The SMILES string of the molecule is CC.N#Cc1ccc(OCCC(=O)O)cc1. The quantitative estimate of drug-likeness (QED) is 0.847. The highest BCUT2D eigenvalue weighted by molar-refractivity contribution is 5.66. The van der Waals surface area contributed by atoms with Crippen molar-refractivity contribution < 1.29 is 14.6 Å². The number of rotatable bonds is 4. The number of carboxylic acids is 1. The third kappa shape index (κ3) is 5.66. The molecule has 4 heteroatoms. The van der Waals surface area contributed by atoms with Crippen molar-refractivity contribution in [1.82, 2.24) is 0 Å². The number of ether oxygens (including phenoxy) is 1. The highest BCUT2D eigenvalue weighted by Gasteiger charge is 1.98. The molecule has 0 radical (unpaired) electrons. The molecule has 0 aromatic heterocycles. The lowest BCUT2D eigenvalue weighted by Gasteiger charge is -2.03. The Morgan fingerprint density at radius 2 is 1.94 bits per heavy atom. The topological polar surface area (TPSA) is 70.3 Å². The number of nitriles is 1. The lowest BCUT2D eigenvalue weighted by atomic mass is 10.2. The third-order valence-corrected chi connectivity index (χ3v) is 1.57. The minimum atomic E-state index is -0.890. The highest BCUT2D eigenvalue weighted by atomic mass is 16.5. The molecular weight excluding hydrogens is 206 g/mol. The van der Waals surface area contributed by atoms with Crippen LogP contribution in [0.25, 0.3) is 0 Å². The molecule has 86 valence electrons. The van der Waals surface area contributed by atoms with Crippen LogP contribution in [0.5, 0.6) is 5.75 Å². The maximum absolute atomic E-state index is 10.2. The molecule has 0 aliphatic rings. The van der Waals surface area contributed by atoms with Gasteiger partial charge in [-0.05, 0) is 24.3 Å². The van der Waals surface area contributed by atoms with Gasteiger partial charge >= 0.3 is 5.97 Å². The van der Waals surface area contributed by atoms with Crippen LogP contribution < -0.4 is 4.74 Å². The molecule has 0 aliphatic carbocycles. The Kier molecular flexibility index (Phi) is 7.25. The van der Waals surface area contributed by atoms with Crippen molar-refractivity contribution in [3.8, 4) is 11.8 Å². The van der Waals surface area contributed by atoms with Crippen LogP contribution in [-0.2, 0) is 4.79 Å². The summed E-state index contributed by atoms with van der Waals surface area (Å²) in [5.74, 6) is -0.316. The number of hydrogen-bond acceptors (Lipinski definition) is 3. The van der Waals surface area contributed by atoms with Crippen molar-refractivity contribution in [2.24, 2.45) is 0 Å². The second-order valence-corrected chi connectivity index (χ2v) is 2.63. The summed E-state index contributed by atoms with van der Waals surface area (Å²) in [5.41, 5.74) is 0.551. The maximum atomic E-state index is 10.2. The van der Waals surface area contributed by atoms with Gasteiger partial charge < -0.3 is 9.84 Å². The first kappa shape index (κ1) is 14.0. The van der Waals surface area contributed by atoms with E-state index in [-0.39, 0.29) is 13.0 Å². The maximum Gasteiger partial charge on any atom is 0.306 e. The molecule has 0 heterocycles. The highest BCUT2D eigenvalue weighted by Crippen LogP contribution is 2.11. The van der Waals surface area contributed by atoms with E-state index in [9.17, 15) is 4.79 Å². The van der Waals surface area contributed by atoms with E-state index in [0.717, 1.165) is 0 Å². The molecule has 1 aromatic rings. The lowest BCUT2D eigenvalue weighted by molar-refractivity contribution is -0.137. The first-order valence-corrected chi connectivity index (χ1v) is 5.07. The van der Waals surface area contributed by atoms with Gasteiger partial charge in [0.25, 0.3) is 0 Å². The Balaban J connectivity index is 0.00000106. The molecule has 0 saturated heterocycles. The first-order chi connectivity index (χ1) is 7.72. The van der Waals surface area contributed by atoms with Crippen LogP contribution in [0.15, 0.2) is 24.3 Å². The zero-order chi connectivity index (χ0) is 12.4. The van der Waals surface area contributed by atoms with Crippen molar-refractivity contribution in [3.05, 3.63) is 29.8 Å². The fourth-order valence-corrected chi connectivity index (χ4v) is 0.882. The van der Waals surface area contributed by atoms with E-state index < -0.39 is 5.97 Å². The summed E-state index contributed by atoms with van der Waals surface area (Å²) >= 11 is 0. The normalized spacial score (nSPS) is 8.31. The van der Waals surface area contributed by atoms with E-state index in [1.54, 1.807) is 24.3 Å². The predicted molar refractivity (Wildman–Crippen MR) is 60.3 cm³/mol. The van der Waals surface area contributed by atoms with Crippen molar-refractivity contribution in [1.29, 1.82) is 5.26 Å². The van der Waals surface area contributed by atoms with Gasteiger partial charge in [-0.3, -0.25) is 4.79 Å².